The molecule has 0 aliphatic rings. The van der Waals surface area contributed by atoms with Gasteiger partial charge in [0.05, 0.1) is 19.6 Å². The maximum atomic E-state index is 10.6. The van der Waals surface area contributed by atoms with Crippen LogP contribution in [0.5, 0.6) is 0 Å². The second kappa shape index (κ2) is 6.12. The van der Waals surface area contributed by atoms with E-state index >= 15 is 0 Å². The third-order valence-electron chi connectivity index (χ3n) is 1.29. The molecule has 0 saturated heterocycles. The number of hydrogen-bond donors (Lipinski definition) is 1. The van der Waals surface area contributed by atoms with Crippen LogP contribution in [-0.2, 0) is 14.3 Å². The first kappa shape index (κ1) is 10.4. The smallest absolute Gasteiger partial charge is 0.308 e. The third-order valence-corrected chi connectivity index (χ3v) is 1.29. The zero-order valence-electron chi connectivity index (χ0n) is 6.87. The maximum absolute atomic E-state index is 10.6. The molecule has 0 bridgehead atoms. The van der Waals surface area contributed by atoms with Crippen molar-refractivity contribution in [3.8, 4) is 0 Å². The summed E-state index contributed by atoms with van der Waals surface area (Å²) in [6.45, 7) is 0.457. The van der Waals surface area contributed by atoms with Gasteiger partial charge in [-0.25, -0.2) is 0 Å². The average Bonchev–Trinajstić information content (AvgIpc) is 2.00. The summed E-state index contributed by atoms with van der Waals surface area (Å²) in [6, 6.07) is 0. The minimum absolute atomic E-state index is 0.0415. The monoisotopic (exact) mass is 162 g/mol. The molecule has 0 radical (unpaired) electrons. The lowest BCUT2D eigenvalue weighted by Crippen LogP contribution is -2.16. The van der Waals surface area contributed by atoms with Crippen molar-refractivity contribution in [1.82, 2.24) is 0 Å². The van der Waals surface area contributed by atoms with Crippen LogP contribution >= 0.6 is 0 Å². The van der Waals surface area contributed by atoms with Gasteiger partial charge in [-0.05, 0) is 6.42 Å². The quantitative estimate of drug-likeness (QED) is 0.576. The first-order valence-corrected chi connectivity index (χ1v) is 3.44. The van der Waals surface area contributed by atoms with E-state index in [-0.39, 0.29) is 6.42 Å². The van der Waals surface area contributed by atoms with Gasteiger partial charge in [-0.3, -0.25) is 4.79 Å². The lowest BCUT2D eigenvalue weighted by molar-refractivity contribution is -0.143. The fraction of sp³-hybridized carbons (Fsp3) is 0.857. The number of carbonyl (C=O) groups excluding carboxylic acids is 1. The van der Waals surface area contributed by atoms with Gasteiger partial charge >= 0.3 is 5.97 Å². The molecule has 0 aromatic rings. The van der Waals surface area contributed by atoms with Crippen molar-refractivity contribution in [2.24, 2.45) is 0 Å². The van der Waals surface area contributed by atoms with Gasteiger partial charge in [0.1, 0.15) is 0 Å². The minimum Gasteiger partial charge on any atom is -0.469 e. The summed E-state index contributed by atoms with van der Waals surface area (Å²) in [5.41, 5.74) is 0. The summed E-state index contributed by atoms with van der Waals surface area (Å²) in [5.74, 6) is -0.395. The predicted octanol–water partition coefficient (Wildman–Crippen LogP) is -0.0531. The Bertz CT molecular complexity index is 113. The van der Waals surface area contributed by atoms with Gasteiger partial charge in [-0.15, -0.1) is 0 Å². The molecule has 0 aliphatic carbocycles. The molecule has 0 saturated carbocycles. The summed E-state index contributed by atoms with van der Waals surface area (Å²) in [4.78, 5) is 10.6. The Kier molecular flexibility index (Phi) is 5.78. The van der Waals surface area contributed by atoms with Gasteiger partial charge in [0.15, 0.2) is 0 Å². The zero-order valence-corrected chi connectivity index (χ0v) is 6.87. The van der Waals surface area contributed by atoms with E-state index in [1.807, 2.05) is 0 Å². The number of aliphatic hydroxyl groups is 1. The molecule has 1 N–H and O–H groups in total. The highest BCUT2D eigenvalue weighted by atomic mass is 16.5. The molecule has 0 aromatic carbocycles. The van der Waals surface area contributed by atoms with Crippen molar-refractivity contribution in [2.75, 3.05) is 20.8 Å². The SMILES string of the molecule is COCC[C@@H](O)CC(=O)OC. The number of ether oxygens (including phenoxy) is 2. The third kappa shape index (κ3) is 5.82. The van der Waals surface area contributed by atoms with Crippen molar-refractivity contribution in [1.29, 1.82) is 0 Å². The number of carbonyl (C=O) groups is 1. The van der Waals surface area contributed by atoms with Gasteiger partial charge in [0.2, 0.25) is 0 Å². The van der Waals surface area contributed by atoms with Crippen LogP contribution in [0.4, 0.5) is 0 Å². The van der Waals surface area contributed by atoms with Gasteiger partial charge in [-0.2, -0.15) is 0 Å². The normalized spacial score (nSPS) is 12.6. The summed E-state index contributed by atoms with van der Waals surface area (Å²) in [6.07, 6.45) is -0.145. The number of hydrogen-bond acceptors (Lipinski definition) is 4. The van der Waals surface area contributed by atoms with Crippen LogP contribution in [0.25, 0.3) is 0 Å². The number of esters is 1. The standard InChI is InChI=1S/C7H14O4/c1-10-4-3-6(8)5-7(9)11-2/h6,8H,3-5H2,1-2H3/t6-/m1/s1. The molecule has 0 fully saturated rings. The van der Waals surface area contributed by atoms with E-state index in [4.69, 9.17) is 9.84 Å². The van der Waals surface area contributed by atoms with E-state index in [1.54, 1.807) is 7.11 Å². The van der Waals surface area contributed by atoms with Crippen molar-refractivity contribution >= 4 is 5.97 Å². The van der Waals surface area contributed by atoms with E-state index < -0.39 is 12.1 Å². The molecule has 0 aliphatic heterocycles. The molecular weight excluding hydrogens is 148 g/mol. The molecule has 0 heterocycles. The highest BCUT2D eigenvalue weighted by molar-refractivity contribution is 5.69. The van der Waals surface area contributed by atoms with Crippen LogP contribution in [0.2, 0.25) is 0 Å². The number of methoxy groups -OCH3 is 2. The predicted molar refractivity (Wildman–Crippen MR) is 39.1 cm³/mol. The Morgan fingerprint density at radius 3 is 2.64 bits per heavy atom. The van der Waals surface area contributed by atoms with E-state index in [2.05, 4.69) is 4.74 Å². The first-order chi connectivity index (χ1) is 5.20. The molecule has 0 spiro atoms. The fourth-order valence-electron chi connectivity index (χ4n) is 0.632. The topological polar surface area (TPSA) is 55.8 Å². The second-order valence-electron chi connectivity index (χ2n) is 2.22. The summed E-state index contributed by atoms with van der Waals surface area (Å²) < 4.78 is 9.08. The highest BCUT2D eigenvalue weighted by Gasteiger charge is 2.09. The van der Waals surface area contributed by atoms with Gasteiger partial charge in [0.25, 0.3) is 0 Å². The zero-order chi connectivity index (χ0) is 8.69. The molecule has 0 rings (SSSR count). The van der Waals surface area contributed by atoms with Crippen molar-refractivity contribution in [3.63, 3.8) is 0 Å². The van der Waals surface area contributed by atoms with Crippen LogP contribution < -0.4 is 0 Å². The largest absolute Gasteiger partial charge is 0.469 e. The van der Waals surface area contributed by atoms with Crippen LogP contribution in [0.1, 0.15) is 12.8 Å². The van der Waals surface area contributed by atoms with Crippen molar-refractivity contribution in [2.45, 2.75) is 18.9 Å². The molecular formula is C7H14O4. The average molecular weight is 162 g/mol. The molecule has 4 heteroatoms. The van der Waals surface area contributed by atoms with E-state index in [0.29, 0.717) is 13.0 Å². The van der Waals surface area contributed by atoms with E-state index in [9.17, 15) is 4.79 Å². The maximum Gasteiger partial charge on any atom is 0.308 e. The molecule has 0 aromatic heterocycles. The van der Waals surface area contributed by atoms with E-state index in [1.165, 1.54) is 7.11 Å². The van der Waals surface area contributed by atoms with Crippen LogP contribution in [-0.4, -0.2) is 38.0 Å². The lowest BCUT2D eigenvalue weighted by atomic mass is 10.2. The van der Waals surface area contributed by atoms with Gasteiger partial charge < -0.3 is 14.6 Å². The summed E-state index contributed by atoms with van der Waals surface area (Å²) in [7, 11) is 2.84. The molecule has 66 valence electrons. The molecule has 4 nitrogen and oxygen atoms in total. The van der Waals surface area contributed by atoms with Crippen LogP contribution in [0, 0.1) is 0 Å². The van der Waals surface area contributed by atoms with Crippen molar-refractivity contribution in [3.05, 3.63) is 0 Å². The molecule has 0 unspecified atom stereocenters. The number of rotatable bonds is 5. The molecule has 0 amide bonds. The van der Waals surface area contributed by atoms with Crippen LogP contribution in [0.15, 0.2) is 0 Å². The van der Waals surface area contributed by atoms with E-state index in [0.717, 1.165) is 0 Å². The summed E-state index contributed by atoms with van der Waals surface area (Å²) >= 11 is 0. The van der Waals surface area contributed by atoms with Gasteiger partial charge in [-0.1, -0.05) is 0 Å². The number of aliphatic hydroxyl groups excluding tert-OH is 1. The second-order valence-corrected chi connectivity index (χ2v) is 2.22. The Morgan fingerprint density at radius 1 is 1.55 bits per heavy atom. The minimum atomic E-state index is -0.651. The Morgan fingerprint density at radius 2 is 2.18 bits per heavy atom. The Hall–Kier alpha value is -0.610. The highest BCUT2D eigenvalue weighted by Crippen LogP contribution is 1.98. The molecule has 11 heavy (non-hydrogen) atoms. The lowest BCUT2D eigenvalue weighted by Gasteiger charge is -2.07. The Labute approximate surface area is 66.1 Å². The van der Waals surface area contributed by atoms with Crippen molar-refractivity contribution < 1.29 is 19.4 Å². The van der Waals surface area contributed by atoms with Crippen LogP contribution in [0.3, 0.4) is 0 Å². The summed E-state index contributed by atoms with van der Waals surface area (Å²) in [5, 5.41) is 9.10. The van der Waals surface area contributed by atoms with Gasteiger partial charge in [0, 0.05) is 13.7 Å². The first-order valence-electron chi connectivity index (χ1n) is 3.44. The fourth-order valence-corrected chi connectivity index (χ4v) is 0.632. The Balaban J connectivity index is 3.35. The molecule has 1 atom stereocenters.